The SMILES string of the molecule is Cc1ccc(F)cc1COc1cc(F)ccc1[C@@H](C)N. The summed E-state index contributed by atoms with van der Waals surface area (Å²) < 4.78 is 32.1. The third kappa shape index (κ3) is 3.33. The number of hydrogen-bond donors (Lipinski definition) is 1. The van der Waals surface area contributed by atoms with Crippen LogP contribution >= 0.6 is 0 Å². The van der Waals surface area contributed by atoms with Crippen molar-refractivity contribution in [1.82, 2.24) is 0 Å². The number of aryl methyl sites for hydroxylation is 1. The van der Waals surface area contributed by atoms with Gasteiger partial charge in [-0.3, -0.25) is 0 Å². The second-order valence-electron chi connectivity index (χ2n) is 4.83. The van der Waals surface area contributed by atoms with Gasteiger partial charge in [0.1, 0.15) is 24.0 Å². The van der Waals surface area contributed by atoms with Crippen LogP contribution in [-0.4, -0.2) is 0 Å². The molecule has 2 aromatic carbocycles. The molecule has 0 saturated heterocycles. The first kappa shape index (κ1) is 14.5. The van der Waals surface area contributed by atoms with Crippen molar-refractivity contribution in [2.45, 2.75) is 26.5 Å². The predicted molar refractivity (Wildman–Crippen MR) is 74.5 cm³/mol. The van der Waals surface area contributed by atoms with Crippen LogP contribution in [-0.2, 0) is 6.61 Å². The normalized spacial score (nSPS) is 12.2. The van der Waals surface area contributed by atoms with Gasteiger partial charge < -0.3 is 10.5 Å². The van der Waals surface area contributed by atoms with Gasteiger partial charge in [0.15, 0.2) is 0 Å². The smallest absolute Gasteiger partial charge is 0.127 e. The van der Waals surface area contributed by atoms with Crippen molar-refractivity contribution < 1.29 is 13.5 Å². The first-order valence-electron chi connectivity index (χ1n) is 6.40. The predicted octanol–water partition coefficient (Wildman–Crippen LogP) is 3.87. The van der Waals surface area contributed by atoms with Crippen molar-refractivity contribution in [2.24, 2.45) is 5.73 Å². The molecule has 4 heteroatoms. The van der Waals surface area contributed by atoms with Crippen LogP contribution in [0.4, 0.5) is 8.78 Å². The Morgan fingerprint density at radius 1 is 1.10 bits per heavy atom. The highest BCUT2D eigenvalue weighted by molar-refractivity contribution is 5.36. The monoisotopic (exact) mass is 277 g/mol. The molecular weight excluding hydrogens is 260 g/mol. The minimum atomic E-state index is -0.389. The summed E-state index contributed by atoms with van der Waals surface area (Å²) in [5.41, 5.74) is 8.20. The fourth-order valence-electron chi connectivity index (χ4n) is 1.96. The maximum Gasteiger partial charge on any atom is 0.127 e. The van der Waals surface area contributed by atoms with E-state index in [0.29, 0.717) is 5.75 Å². The van der Waals surface area contributed by atoms with Crippen molar-refractivity contribution in [3.63, 3.8) is 0 Å². The van der Waals surface area contributed by atoms with E-state index in [-0.39, 0.29) is 24.3 Å². The molecule has 20 heavy (non-hydrogen) atoms. The van der Waals surface area contributed by atoms with Crippen LogP contribution in [0.25, 0.3) is 0 Å². The Labute approximate surface area is 117 Å². The molecule has 2 rings (SSSR count). The lowest BCUT2D eigenvalue weighted by molar-refractivity contribution is 0.298. The molecule has 0 heterocycles. The van der Waals surface area contributed by atoms with Gasteiger partial charge in [0, 0.05) is 17.7 Å². The quantitative estimate of drug-likeness (QED) is 0.920. The van der Waals surface area contributed by atoms with Crippen LogP contribution in [0, 0.1) is 18.6 Å². The molecule has 1 atom stereocenters. The summed E-state index contributed by atoms with van der Waals surface area (Å²) in [6.45, 7) is 3.84. The minimum absolute atomic E-state index is 0.173. The fraction of sp³-hybridized carbons (Fsp3) is 0.250. The Kier molecular flexibility index (Phi) is 4.35. The van der Waals surface area contributed by atoms with Crippen LogP contribution in [0.2, 0.25) is 0 Å². The minimum Gasteiger partial charge on any atom is -0.488 e. The number of benzene rings is 2. The number of halogens is 2. The molecule has 2 nitrogen and oxygen atoms in total. The van der Waals surface area contributed by atoms with Gasteiger partial charge in [0.2, 0.25) is 0 Å². The topological polar surface area (TPSA) is 35.2 Å². The van der Waals surface area contributed by atoms with Crippen LogP contribution in [0.1, 0.15) is 29.7 Å². The third-order valence-electron chi connectivity index (χ3n) is 3.16. The summed E-state index contributed by atoms with van der Waals surface area (Å²) in [7, 11) is 0. The lowest BCUT2D eigenvalue weighted by Gasteiger charge is -2.15. The van der Waals surface area contributed by atoms with Gasteiger partial charge in [0.05, 0.1) is 0 Å². The molecule has 0 aliphatic rings. The van der Waals surface area contributed by atoms with E-state index in [0.717, 1.165) is 16.7 Å². The summed E-state index contributed by atoms with van der Waals surface area (Å²) in [5, 5.41) is 0. The zero-order chi connectivity index (χ0) is 14.7. The molecule has 0 spiro atoms. The average molecular weight is 277 g/mol. The van der Waals surface area contributed by atoms with E-state index in [1.165, 1.54) is 24.3 Å². The number of rotatable bonds is 4. The summed E-state index contributed by atoms with van der Waals surface area (Å²) >= 11 is 0. The number of hydrogen-bond acceptors (Lipinski definition) is 2. The van der Waals surface area contributed by atoms with Crippen molar-refractivity contribution in [2.75, 3.05) is 0 Å². The fourth-order valence-corrected chi connectivity index (χ4v) is 1.96. The van der Waals surface area contributed by atoms with Crippen LogP contribution < -0.4 is 10.5 Å². The van der Waals surface area contributed by atoms with Crippen molar-refractivity contribution in [3.05, 3.63) is 64.7 Å². The molecule has 0 unspecified atom stereocenters. The molecule has 2 N–H and O–H groups in total. The molecule has 0 aliphatic carbocycles. The lowest BCUT2D eigenvalue weighted by Crippen LogP contribution is -2.09. The highest BCUT2D eigenvalue weighted by Crippen LogP contribution is 2.26. The Morgan fingerprint density at radius 3 is 2.45 bits per heavy atom. The Hall–Kier alpha value is -1.94. The van der Waals surface area contributed by atoms with E-state index in [1.807, 2.05) is 6.92 Å². The lowest BCUT2D eigenvalue weighted by atomic mass is 10.1. The molecular formula is C16H17F2NO. The van der Waals surface area contributed by atoms with Gasteiger partial charge in [-0.2, -0.15) is 0 Å². The van der Waals surface area contributed by atoms with Crippen molar-refractivity contribution in [3.8, 4) is 5.75 Å². The van der Waals surface area contributed by atoms with Gasteiger partial charge >= 0.3 is 0 Å². The van der Waals surface area contributed by atoms with E-state index in [2.05, 4.69) is 0 Å². The second kappa shape index (κ2) is 6.01. The van der Waals surface area contributed by atoms with E-state index >= 15 is 0 Å². The molecule has 106 valence electrons. The number of ether oxygens (including phenoxy) is 1. The molecule has 2 aromatic rings. The first-order chi connectivity index (χ1) is 9.47. The van der Waals surface area contributed by atoms with Crippen molar-refractivity contribution in [1.29, 1.82) is 0 Å². The largest absolute Gasteiger partial charge is 0.488 e. The Bertz CT molecular complexity index is 611. The first-order valence-corrected chi connectivity index (χ1v) is 6.40. The highest BCUT2D eigenvalue weighted by Gasteiger charge is 2.10. The van der Waals surface area contributed by atoms with Crippen molar-refractivity contribution >= 4 is 0 Å². The molecule has 0 saturated carbocycles. The second-order valence-corrected chi connectivity index (χ2v) is 4.83. The molecule has 0 bridgehead atoms. The number of nitrogens with two attached hydrogens (primary N) is 1. The Balaban J connectivity index is 2.22. The van der Waals surface area contributed by atoms with Gasteiger partial charge in [-0.05, 0) is 43.2 Å². The third-order valence-corrected chi connectivity index (χ3v) is 3.16. The summed E-state index contributed by atoms with van der Waals surface area (Å²) in [5.74, 6) is -0.315. The van der Waals surface area contributed by atoms with Crippen LogP contribution in [0.5, 0.6) is 5.75 Å². The maximum atomic E-state index is 13.3. The molecule has 0 amide bonds. The van der Waals surface area contributed by atoms with Crippen LogP contribution in [0.15, 0.2) is 36.4 Å². The van der Waals surface area contributed by atoms with Gasteiger partial charge in [-0.25, -0.2) is 8.78 Å². The highest BCUT2D eigenvalue weighted by atomic mass is 19.1. The molecule has 0 aromatic heterocycles. The van der Waals surface area contributed by atoms with E-state index in [9.17, 15) is 8.78 Å². The summed E-state index contributed by atoms with van der Waals surface area (Å²) in [6.07, 6.45) is 0. The zero-order valence-electron chi connectivity index (χ0n) is 11.5. The molecule has 0 fully saturated rings. The van der Waals surface area contributed by atoms with E-state index < -0.39 is 0 Å². The molecule has 0 aliphatic heterocycles. The summed E-state index contributed by atoms with van der Waals surface area (Å²) in [4.78, 5) is 0. The zero-order valence-corrected chi connectivity index (χ0v) is 11.5. The Morgan fingerprint density at radius 2 is 1.75 bits per heavy atom. The maximum absolute atomic E-state index is 13.3. The van der Waals surface area contributed by atoms with E-state index in [1.54, 1.807) is 19.1 Å². The summed E-state index contributed by atoms with van der Waals surface area (Å²) in [6, 6.07) is 8.49. The van der Waals surface area contributed by atoms with Crippen LogP contribution in [0.3, 0.4) is 0 Å². The van der Waals surface area contributed by atoms with Gasteiger partial charge in [0.25, 0.3) is 0 Å². The molecule has 0 radical (unpaired) electrons. The average Bonchev–Trinajstić information content (AvgIpc) is 2.39. The standard InChI is InChI=1S/C16H17F2NO/c1-10-3-4-13(17)7-12(10)9-20-16-8-14(18)5-6-15(16)11(2)19/h3-8,11H,9,19H2,1-2H3/t11-/m1/s1. The van der Waals surface area contributed by atoms with E-state index in [4.69, 9.17) is 10.5 Å². The van der Waals surface area contributed by atoms with Gasteiger partial charge in [-0.15, -0.1) is 0 Å². The van der Waals surface area contributed by atoms with Gasteiger partial charge in [-0.1, -0.05) is 12.1 Å².